The van der Waals surface area contributed by atoms with Crippen LogP contribution < -0.4 is 24.3 Å². The predicted octanol–water partition coefficient (Wildman–Crippen LogP) is 3.11. The first-order chi connectivity index (χ1) is 13.7. The van der Waals surface area contributed by atoms with Gasteiger partial charge in [-0.3, -0.25) is 4.90 Å². The maximum Gasteiger partial charge on any atom is 0.165 e. The molecule has 1 N–H and O–H groups in total. The summed E-state index contributed by atoms with van der Waals surface area (Å²) < 4.78 is 22.5. The number of methoxy groups -OCH3 is 4. The molecule has 1 atom stereocenters. The molecule has 2 aromatic carbocycles. The molecular weight excluding hydrogens is 356 g/mol. The number of nitrogens with one attached hydrogen (secondary N) is 1. The smallest absolute Gasteiger partial charge is 0.165 e. The second-order valence-corrected chi connectivity index (χ2v) is 6.73. The first-order valence-electron chi connectivity index (χ1n) is 9.61. The Morgan fingerprint density at radius 3 is 2.36 bits per heavy atom. The van der Waals surface area contributed by atoms with Gasteiger partial charge in [-0.05, 0) is 31.2 Å². The zero-order valence-corrected chi connectivity index (χ0v) is 17.2. The lowest BCUT2D eigenvalue weighted by Crippen LogP contribution is -2.33. The number of hydrogen-bond donors (Lipinski definition) is 1. The van der Waals surface area contributed by atoms with Gasteiger partial charge in [-0.15, -0.1) is 0 Å². The molecule has 6 nitrogen and oxygen atoms in total. The van der Waals surface area contributed by atoms with Gasteiger partial charge in [0.1, 0.15) is 11.5 Å². The highest BCUT2D eigenvalue weighted by molar-refractivity contribution is 5.54. The SMILES string of the molecule is COc1ccc(C(c2cccc(OC)c2OC)N2CCCNCC2)c(OC)c1. The maximum absolute atomic E-state index is 5.78. The van der Waals surface area contributed by atoms with E-state index in [1.165, 1.54) is 0 Å². The first-order valence-corrected chi connectivity index (χ1v) is 9.61. The van der Waals surface area contributed by atoms with Gasteiger partial charge >= 0.3 is 0 Å². The molecule has 1 heterocycles. The summed E-state index contributed by atoms with van der Waals surface area (Å²) in [6.07, 6.45) is 1.08. The van der Waals surface area contributed by atoms with Crippen LogP contribution in [0.2, 0.25) is 0 Å². The van der Waals surface area contributed by atoms with E-state index in [1.54, 1.807) is 28.4 Å². The van der Waals surface area contributed by atoms with E-state index in [0.717, 1.165) is 66.7 Å². The van der Waals surface area contributed by atoms with E-state index >= 15 is 0 Å². The summed E-state index contributed by atoms with van der Waals surface area (Å²) in [7, 11) is 6.72. The lowest BCUT2D eigenvalue weighted by molar-refractivity contribution is 0.230. The molecule has 6 heteroatoms. The maximum atomic E-state index is 5.78. The van der Waals surface area contributed by atoms with E-state index in [9.17, 15) is 0 Å². The molecule has 0 aliphatic carbocycles. The Labute approximate surface area is 167 Å². The van der Waals surface area contributed by atoms with Crippen molar-refractivity contribution in [3.63, 3.8) is 0 Å². The molecule has 3 rings (SSSR count). The average molecular weight is 386 g/mol. The second kappa shape index (κ2) is 9.66. The number of benzene rings is 2. The number of ether oxygens (including phenoxy) is 4. The van der Waals surface area contributed by atoms with Crippen molar-refractivity contribution in [1.29, 1.82) is 0 Å². The van der Waals surface area contributed by atoms with Gasteiger partial charge in [-0.2, -0.15) is 0 Å². The van der Waals surface area contributed by atoms with E-state index in [1.807, 2.05) is 24.3 Å². The summed E-state index contributed by atoms with van der Waals surface area (Å²) in [4.78, 5) is 2.47. The molecule has 1 aliphatic rings. The van der Waals surface area contributed by atoms with Crippen LogP contribution >= 0.6 is 0 Å². The van der Waals surface area contributed by atoms with Crippen LogP contribution in [0, 0.1) is 0 Å². The summed E-state index contributed by atoms with van der Waals surface area (Å²) in [5.41, 5.74) is 2.14. The highest BCUT2D eigenvalue weighted by atomic mass is 16.5. The van der Waals surface area contributed by atoms with Crippen molar-refractivity contribution >= 4 is 0 Å². The summed E-state index contributed by atoms with van der Waals surface area (Å²) in [6.45, 7) is 3.88. The molecular formula is C22H30N2O4. The number of nitrogens with zero attached hydrogens (tertiary/aromatic N) is 1. The van der Waals surface area contributed by atoms with Gasteiger partial charge in [-0.1, -0.05) is 12.1 Å². The van der Waals surface area contributed by atoms with Crippen molar-refractivity contribution in [2.45, 2.75) is 12.5 Å². The minimum Gasteiger partial charge on any atom is -0.497 e. The van der Waals surface area contributed by atoms with Crippen LogP contribution in [0.5, 0.6) is 23.0 Å². The van der Waals surface area contributed by atoms with Crippen molar-refractivity contribution in [1.82, 2.24) is 10.2 Å². The number of rotatable bonds is 7. The Bertz CT molecular complexity index is 773. The lowest BCUT2D eigenvalue weighted by atomic mass is 9.94. The molecule has 1 saturated heterocycles. The van der Waals surface area contributed by atoms with E-state index in [0.29, 0.717) is 0 Å². The van der Waals surface area contributed by atoms with E-state index in [2.05, 4.69) is 22.3 Å². The fraction of sp³-hybridized carbons (Fsp3) is 0.455. The molecule has 0 bridgehead atoms. The molecule has 0 spiro atoms. The quantitative estimate of drug-likeness (QED) is 0.789. The van der Waals surface area contributed by atoms with Crippen LogP contribution in [0.4, 0.5) is 0 Å². The molecule has 0 radical (unpaired) electrons. The molecule has 0 amide bonds. The highest BCUT2D eigenvalue weighted by Crippen LogP contribution is 2.43. The van der Waals surface area contributed by atoms with Gasteiger partial charge in [0, 0.05) is 36.8 Å². The molecule has 152 valence electrons. The fourth-order valence-electron chi connectivity index (χ4n) is 3.86. The van der Waals surface area contributed by atoms with Gasteiger partial charge in [0.05, 0.1) is 34.5 Å². The standard InChI is InChI=1S/C22H30N2O4/c1-25-16-9-10-17(20(15-16)27-3)21(24-13-6-11-23-12-14-24)18-7-5-8-19(26-2)22(18)28-4/h5,7-10,15,21,23H,6,11-14H2,1-4H3. The summed E-state index contributed by atoms with van der Waals surface area (Å²) >= 11 is 0. The van der Waals surface area contributed by atoms with Crippen molar-refractivity contribution in [3.8, 4) is 23.0 Å². The van der Waals surface area contributed by atoms with Crippen molar-refractivity contribution in [2.75, 3.05) is 54.6 Å². The van der Waals surface area contributed by atoms with E-state index in [-0.39, 0.29) is 6.04 Å². The topological polar surface area (TPSA) is 52.2 Å². The Morgan fingerprint density at radius 2 is 1.64 bits per heavy atom. The first kappa shape index (κ1) is 20.3. The highest BCUT2D eigenvalue weighted by Gasteiger charge is 2.29. The van der Waals surface area contributed by atoms with Crippen LogP contribution in [-0.2, 0) is 0 Å². The molecule has 1 aliphatic heterocycles. The van der Waals surface area contributed by atoms with Gasteiger partial charge in [0.2, 0.25) is 0 Å². The Hall–Kier alpha value is -2.44. The third kappa shape index (κ3) is 4.18. The van der Waals surface area contributed by atoms with Crippen LogP contribution in [-0.4, -0.2) is 59.5 Å². The lowest BCUT2D eigenvalue weighted by Gasteiger charge is -2.33. The zero-order valence-electron chi connectivity index (χ0n) is 17.2. The summed E-state index contributed by atoms with van der Waals surface area (Å²) in [5.74, 6) is 3.05. The van der Waals surface area contributed by atoms with Gasteiger partial charge < -0.3 is 24.3 Å². The zero-order chi connectivity index (χ0) is 19.9. The molecule has 2 aromatic rings. The molecule has 1 unspecified atom stereocenters. The van der Waals surface area contributed by atoms with Crippen molar-refractivity contribution in [3.05, 3.63) is 47.5 Å². The minimum atomic E-state index is -0.0224. The molecule has 1 fully saturated rings. The van der Waals surface area contributed by atoms with E-state index < -0.39 is 0 Å². The van der Waals surface area contributed by atoms with Gasteiger partial charge in [0.15, 0.2) is 11.5 Å². The Morgan fingerprint density at radius 1 is 0.821 bits per heavy atom. The largest absolute Gasteiger partial charge is 0.497 e. The third-order valence-corrected chi connectivity index (χ3v) is 5.20. The molecule has 28 heavy (non-hydrogen) atoms. The number of hydrogen-bond acceptors (Lipinski definition) is 6. The summed E-state index contributed by atoms with van der Waals surface area (Å²) in [5, 5.41) is 3.48. The van der Waals surface area contributed by atoms with Crippen LogP contribution in [0.1, 0.15) is 23.6 Å². The van der Waals surface area contributed by atoms with Crippen LogP contribution in [0.15, 0.2) is 36.4 Å². The van der Waals surface area contributed by atoms with Crippen molar-refractivity contribution in [2.24, 2.45) is 0 Å². The Kier molecular flexibility index (Phi) is 7.01. The summed E-state index contributed by atoms with van der Waals surface area (Å²) in [6, 6.07) is 12.0. The Balaban J connectivity index is 2.16. The van der Waals surface area contributed by atoms with E-state index in [4.69, 9.17) is 18.9 Å². The normalized spacial score (nSPS) is 16.1. The van der Waals surface area contributed by atoms with Crippen molar-refractivity contribution < 1.29 is 18.9 Å². The predicted molar refractivity (Wildman–Crippen MR) is 110 cm³/mol. The fourth-order valence-corrected chi connectivity index (χ4v) is 3.86. The third-order valence-electron chi connectivity index (χ3n) is 5.20. The number of para-hydroxylation sites is 1. The molecule has 0 saturated carbocycles. The van der Waals surface area contributed by atoms with Gasteiger partial charge in [0.25, 0.3) is 0 Å². The monoisotopic (exact) mass is 386 g/mol. The molecule has 0 aromatic heterocycles. The average Bonchev–Trinajstić information content (AvgIpc) is 3.03. The van der Waals surface area contributed by atoms with Crippen LogP contribution in [0.25, 0.3) is 0 Å². The van der Waals surface area contributed by atoms with Crippen LogP contribution in [0.3, 0.4) is 0 Å². The van der Waals surface area contributed by atoms with Gasteiger partial charge in [-0.25, -0.2) is 0 Å². The second-order valence-electron chi connectivity index (χ2n) is 6.73. The minimum absolute atomic E-state index is 0.0224.